The minimum atomic E-state index is -4.05. The van der Waals surface area contributed by atoms with Crippen molar-refractivity contribution in [2.45, 2.75) is 31.2 Å². The number of nitrogens with two attached hydrogens (primary N) is 1. The number of rotatable bonds is 8. The lowest BCUT2D eigenvalue weighted by Crippen LogP contribution is -2.47. The van der Waals surface area contributed by atoms with E-state index in [0.717, 1.165) is 0 Å². The lowest BCUT2D eigenvalue weighted by Gasteiger charge is -2.24. The number of nitrogens with one attached hydrogen (secondary N) is 2. The first-order chi connectivity index (χ1) is 13.7. The second kappa shape index (κ2) is 9.53. The van der Waals surface area contributed by atoms with E-state index >= 15 is 0 Å². The zero-order valence-electron chi connectivity index (χ0n) is 16.5. The van der Waals surface area contributed by atoms with Crippen molar-refractivity contribution in [2.24, 2.45) is 11.1 Å². The Morgan fingerprint density at radius 1 is 1.14 bits per heavy atom. The molecule has 8 nitrogen and oxygen atoms in total. The average Bonchev–Trinajstić information content (AvgIpc) is 2.71. The molecule has 2 aromatic rings. The average molecular weight is 420 g/mol. The number of amides is 2. The first-order valence-electron chi connectivity index (χ1n) is 9.05. The van der Waals surface area contributed by atoms with E-state index in [-0.39, 0.29) is 28.2 Å². The summed E-state index contributed by atoms with van der Waals surface area (Å²) in [5, 5.41) is 10.6. The summed E-state index contributed by atoms with van der Waals surface area (Å²) in [6, 6.07) is 11.9. The number of primary sulfonamides is 1. The third-order valence-corrected chi connectivity index (χ3v) is 5.49. The smallest absolute Gasteiger partial charge is 0.251 e. The number of methoxy groups -OCH3 is 1. The fourth-order valence-electron chi connectivity index (χ4n) is 2.71. The van der Waals surface area contributed by atoms with Gasteiger partial charge in [-0.1, -0.05) is 38.5 Å². The van der Waals surface area contributed by atoms with Gasteiger partial charge in [0.2, 0.25) is 15.9 Å². The van der Waals surface area contributed by atoms with Gasteiger partial charge >= 0.3 is 0 Å². The molecule has 0 heterocycles. The third-order valence-electron chi connectivity index (χ3n) is 4.56. The second-order valence-electron chi connectivity index (χ2n) is 6.60. The quantitative estimate of drug-likeness (QED) is 0.604. The van der Waals surface area contributed by atoms with Crippen LogP contribution in [-0.2, 0) is 14.8 Å². The van der Waals surface area contributed by atoms with E-state index in [0.29, 0.717) is 12.0 Å². The van der Waals surface area contributed by atoms with Gasteiger partial charge in [0.15, 0.2) is 0 Å². The van der Waals surface area contributed by atoms with Gasteiger partial charge in [0.1, 0.15) is 16.7 Å². The van der Waals surface area contributed by atoms with Crippen LogP contribution in [0.2, 0.25) is 0 Å². The minimum absolute atomic E-state index is 0.0707. The molecule has 156 valence electrons. The van der Waals surface area contributed by atoms with Gasteiger partial charge in [-0.2, -0.15) is 0 Å². The Labute approximate surface area is 170 Å². The van der Waals surface area contributed by atoms with Crippen molar-refractivity contribution in [1.29, 1.82) is 0 Å². The molecule has 0 aliphatic rings. The summed E-state index contributed by atoms with van der Waals surface area (Å²) in [6.45, 7) is 3.76. The van der Waals surface area contributed by atoms with E-state index in [1.165, 1.54) is 25.3 Å². The van der Waals surface area contributed by atoms with Crippen molar-refractivity contribution in [3.8, 4) is 5.75 Å². The van der Waals surface area contributed by atoms with Crippen molar-refractivity contribution in [3.05, 3.63) is 54.1 Å². The number of hydrogen-bond donors (Lipinski definition) is 3. The van der Waals surface area contributed by atoms with Crippen LogP contribution in [0, 0.1) is 5.92 Å². The standard InChI is InChI=1S/C20H25N3O5S/c1-4-13(2)18(23-19(24)14-8-6-5-7-9-14)20(25)22-15-10-11-16(28-3)17(12-15)29(21,26)27/h5-13,18H,4H2,1-3H3,(H,22,25)(H,23,24)(H2,21,26,27)/t13-,18-/m0/s1. The van der Waals surface area contributed by atoms with Crippen LogP contribution in [0.25, 0.3) is 0 Å². The molecular formula is C20H25N3O5S. The number of benzene rings is 2. The van der Waals surface area contributed by atoms with Crippen molar-refractivity contribution < 1.29 is 22.7 Å². The predicted molar refractivity (Wildman–Crippen MR) is 110 cm³/mol. The van der Waals surface area contributed by atoms with Gasteiger partial charge in [-0.3, -0.25) is 9.59 Å². The maximum absolute atomic E-state index is 12.9. The van der Waals surface area contributed by atoms with Crippen LogP contribution in [0.1, 0.15) is 30.6 Å². The Morgan fingerprint density at radius 2 is 1.79 bits per heavy atom. The van der Waals surface area contributed by atoms with Gasteiger partial charge in [-0.15, -0.1) is 0 Å². The predicted octanol–water partition coefficient (Wildman–Crippen LogP) is 2.13. The highest BCUT2D eigenvalue weighted by Crippen LogP contribution is 2.26. The fourth-order valence-corrected chi connectivity index (χ4v) is 3.44. The van der Waals surface area contributed by atoms with Crippen LogP contribution in [0.5, 0.6) is 5.75 Å². The fraction of sp³-hybridized carbons (Fsp3) is 0.300. The lowest BCUT2D eigenvalue weighted by molar-refractivity contribution is -0.119. The Kier molecular flexibility index (Phi) is 7.35. The van der Waals surface area contributed by atoms with E-state index in [1.807, 2.05) is 13.8 Å². The van der Waals surface area contributed by atoms with Crippen LogP contribution >= 0.6 is 0 Å². The topological polar surface area (TPSA) is 128 Å². The number of carbonyl (C=O) groups excluding carboxylic acids is 2. The van der Waals surface area contributed by atoms with Crippen molar-refractivity contribution in [2.75, 3.05) is 12.4 Å². The molecule has 2 aromatic carbocycles. The molecule has 0 saturated carbocycles. The van der Waals surface area contributed by atoms with E-state index < -0.39 is 22.0 Å². The molecule has 0 spiro atoms. The number of sulfonamides is 1. The molecule has 0 bridgehead atoms. The summed E-state index contributed by atoms with van der Waals surface area (Å²) in [6.07, 6.45) is 0.651. The maximum Gasteiger partial charge on any atom is 0.251 e. The molecule has 0 aromatic heterocycles. The molecule has 0 fully saturated rings. The monoisotopic (exact) mass is 419 g/mol. The second-order valence-corrected chi connectivity index (χ2v) is 8.13. The van der Waals surface area contributed by atoms with Crippen LogP contribution < -0.4 is 20.5 Å². The van der Waals surface area contributed by atoms with Gasteiger partial charge in [0, 0.05) is 11.3 Å². The first-order valence-corrected chi connectivity index (χ1v) is 10.6. The molecule has 0 radical (unpaired) electrons. The van der Waals surface area contributed by atoms with Gasteiger partial charge in [0.05, 0.1) is 7.11 Å². The highest BCUT2D eigenvalue weighted by Gasteiger charge is 2.27. The molecule has 0 aliphatic heterocycles. The normalized spacial score (nSPS) is 13.2. The first kappa shape index (κ1) is 22.4. The number of hydrogen-bond acceptors (Lipinski definition) is 5. The highest BCUT2D eigenvalue weighted by molar-refractivity contribution is 7.89. The van der Waals surface area contributed by atoms with E-state index in [1.54, 1.807) is 30.3 Å². The van der Waals surface area contributed by atoms with Gasteiger partial charge in [-0.25, -0.2) is 13.6 Å². The van der Waals surface area contributed by atoms with E-state index in [2.05, 4.69) is 10.6 Å². The lowest BCUT2D eigenvalue weighted by atomic mass is 9.97. The highest BCUT2D eigenvalue weighted by atomic mass is 32.2. The summed E-state index contributed by atoms with van der Waals surface area (Å²) >= 11 is 0. The largest absolute Gasteiger partial charge is 0.495 e. The molecule has 0 unspecified atom stereocenters. The van der Waals surface area contributed by atoms with Crippen molar-refractivity contribution >= 4 is 27.5 Å². The molecule has 2 amide bonds. The minimum Gasteiger partial charge on any atom is -0.495 e. The molecule has 0 saturated heterocycles. The summed E-state index contributed by atoms with van der Waals surface area (Å²) in [7, 11) is -2.73. The molecule has 2 rings (SSSR count). The summed E-state index contributed by atoms with van der Waals surface area (Å²) in [5.74, 6) is -0.917. The summed E-state index contributed by atoms with van der Waals surface area (Å²) in [4.78, 5) is 25.1. The number of carbonyl (C=O) groups is 2. The number of anilines is 1. The molecule has 4 N–H and O–H groups in total. The number of ether oxygens (including phenoxy) is 1. The Morgan fingerprint density at radius 3 is 2.34 bits per heavy atom. The van der Waals surface area contributed by atoms with Gasteiger partial charge in [-0.05, 0) is 36.2 Å². The summed E-state index contributed by atoms with van der Waals surface area (Å²) < 4.78 is 28.5. The van der Waals surface area contributed by atoms with Crippen molar-refractivity contribution in [3.63, 3.8) is 0 Å². The van der Waals surface area contributed by atoms with Gasteiger partial charge in [0.25, 0.3) is 5.91 Å². The third kappa shape index (κ3) is 5.78. The molecule has 29 heavy (non-hydrogen) atoms. The molecule has 0 aliphatic carbocycles. The molecule has 9 heteroatoms. The SMILES string of the molecule is CC[C@H](C)[C@H](NC(=O)c1ccccc1)C(=O)Nc1ccc(OC)c(S(N)(=O)=O)c1. The van der Waals surface area contributed by atoms with E-state index in [4.69, 9.17) is 9.88 Å². The Bertz CT molecular complexity index is 977. The zero-order valence-corrected chi connectivity index (χ0v) is 17.3. The zero-order chi connectivity index (χ0) is 21.6. The van der Waals surface area contributed by atoms with E-state index in [9.17, 15) is 18.0 Å². The van der Waals surface area contributed by atoms with Crippen LogP contribution in [0.4, 0.5) is 5.69 Å². The maximum atomic E-state index is 12.9. The summed E-state index contributed by atoms with van der Waals surface area (Å²) in [5.41, 5.74) is 0.664. The molecule has 2 atom stereocenters. The van der Waals surface area contributed by atoms with Crippen LogP contribution in [-0.4, -0.2) is 33.4 Å². The van der Waals surface area contributed by atoms with Crippen LogP contribution in [0.15, 0.2) is 53.4 Å². The molecular weight excluding hydrogens is 394 g/mol. The Balaban J connectivity index is 2.25. The van der Waals surface area contributed by atoms with Crippen molar-refractivity contribution in [1.82, 2.24) is 5.32 Å². The van der Waals surface area contributed by atoms with Gasteiger partial charge < -0.3 is 15.4 Å². The Hall–Kier alpha value is -2.91. The van der Waals surface area contributed by atoms with Crippen LogP contribution in [0.3, 0.4) is 0 Å².